The summed E-state index contributed by atoms with van der Waals surface area (Å²) >= 11 is 0. The Balaban J connectivity index is 1.34. The van der Waals surface area contributed by atoms with Gasteiger partial charge >= 0.3 is 0 Å². The van der Waals surface area contributed by atoms with Crippen LogP contribution in [0.15, 0.2) is 36.2 Å². The molecule has 4 aliphatic rings. The Hall–Kier alpha value is -1.92. The van der Waals surface area contributed by atoms with Gasteiger partial charge in [0.2, 0.25) is 5.91 Å². The van der Waals surface area contributed by atoms with E-state index in [2.05, 4.69) is 17.4 Å². The standard InChI is InChI=1S/C26H37FN2O3/c1-31-23-4-2-3-21(15-23)29-24(30)26-12-9-25(10-13-26,11-14-26)20-5-7-22(8-6-20)32-18-19(16-27)17-28/h5-8,16,21,23H,2-4,9-15,17-18,28H2,1H3,(H,29,30)/b19-16+/t21-,23+,25?,26?/m1/s1. The molecular weight excluding hydrogens is 407 g/mol. The smallest absolute Gasteiger partial charge is 0.226 e. The number of amides is 1. The number of hydrogen-bond donors (Lipinski definition) is 2. The molecule has 0 spiro atoms. The molecule has 2 bridgehead atoms. The first kappa shape index (κ1) is 23.2. The lowest BCUT2D eigenvalue weighted by atomic mass is 9.51. The highest BCUT2D eigenvalue weighted by Gasteiger charge is 2.53. The van der Waals surface area contributed by atoms with Crippen LogP contribution < -0.4 is 15.8 Å². The third-order valence-corrected chi connectivity index (χ3v) is 8.33. The quantitative estimate of drug-likeness (QED) is 0.617. The Morgan fingerprint density at radius 3 is 2.44 bits per heavy atom. The molecule has 1 aromatic carbocycles. The van der Waals surface area contributed by atoms with Gasteiger partial charge in [-0.3, -0.25) is 4.79 Å². The van der Waals surface area contributed by atoms with Crippen molar-refractivity contribution < 1.29 is 18.7 Å². The minimum Gasteiger partial charge on any atom is -0.489 e. The van der Waals surface area contributed by atoms with Gasteiger partial charge in [-0.1, -0.05) is 12.1 Å². The van der Waals surface area contributed by atoms with Gasteiger partial charge in [-0.05, 0) is 87.3 Å². The summed E-state index contributed by atoms with van der Waals surface area (Å²) in [7, 11) is 1.77. The molecule has 0 heterocycles. The van der Waals surface area contributed by atoms with Crippen molar-refractivity contribution in [2.24, 2.45) is 11.1 Å². The molecule has 5 rings (SSSR count). The van der Waals surface area contributed by atoms with Crippen molar-refractivity contribution >= 4 is 5.91 Å². The third-order valence-electron chi connectivity index (χ3n) is 8.33. The number of fused-ring (bicyclic) bond motifs is 3. The van der Waals surface area contributed by atoms with E-state index in [-0.39, 0.29) is 42.0 Å². The van der Waals surface area contributed by atoms with E-state index in [9.17, 15) is 9.18 Å². The number of carbonyl (C=O) groups is 1. The zero-order valence-corrected chi connectivity index (χ0v) is 19.2. The number of carbonyl (C=O) groups excluding carboxylic acids is 1. The molecular formula is C26H37FN2O3. The predicted molar refractivity (Wildman–Crippen MR) is 123 cm³/mol. The van der Waals surface area contributed by atoms with Crippen molar-refractivity contribution in [2.45, 2.75) is 81.8 Å². The van der Waals surface area contributed by atoms with E-state index in [4.69, 9.17) is 15.2 Å². The van der Waals surface area contributed by atoms with Gasteiger partial charge in [0, 0.05) is 30.7 Å². The lowest BCUT2D eigenvalue weighted by molar-refractivity contribution is -0.139. The summed E-state index contributed by atoms with van der Waals surface area (Å²) in [5.41, 5.74) is 7.22. The summed E-state index contributed by atoms with van der Waals surface area (Å²) in [4.78, 5) is 13.3. The summed E-state index contributed by atoms with van der Waals surface area (Å²) in [5.74, 6) is 0.994. The number of methoxy groups -OCH3 is 1. The maximum atomic E-state index is 13.3. The van der Waals surface area contributed by atoms with Gasteiger partial charge in [0.05, 0.1) is 12.4 Å². The van der Waals surface area contributed by atoms with E-state index in [1.165, 1.54) is 5.56 Å². The van der Waals surface area contributed by atoms with Gasteiger partial charge in [0.15, 0.2) is 0 Å². The van der Waals surface area contributed by atoms with Crippen molar-refractivity contribution in [2.75, 3.05) is 20.3 Å². The number of halogens is 1. The molecule has 4 aliphatic carbocycles. The Bertz CT molecular complexity index is 798. The zero-order valence-electron chi connectivity index (χ0n) is 19.2. The Morgan fingerprint density at radius 2 is 1.84 bits per heavy atom. The Kier molecular flexibility index (Phi) is 7.21. The fraction of sp³-hybridized carbons (Fsp3) is 0.654. The van der Waals surface area contributed by atoms with Crippen molar-refractivity contribution in [3.05, 3.63) is 41.7 Å². The molecule has 32 heavy (non-hydrogen) atoms. The van der Waals surface area contributed by atoms with E-state index in [0.717, 1.165) is 70.0 Å². The average Bonchev–Trinajstić information content (AvgIpc) is 2.86. The molecule has 0 radical (unpaired) electrons. The van der Waals surface area contributed by atoms with Crippen LogP contribution in [0.1, 0.15) is 69.8 Å². The molecule has 4 saturated carbocycles. The first-order valence-corrected chi connectivity index (χ1v) is 12.1. The van der Waals surface area contributed by atoms with Gasteiger partial charge in [0.1, 0.15) is 12.4 Å². The number of benzene rings is 1. The molecule has 3 N–H and O–H groups in total. The van der Waals surface area contributed by atoms with Gasteiger partial charge in [-0.2, -0.15) is 0 Å². The van der Waals surface area contributed by atoms with E-state index in [0.29, 0.717) is 11.9 Å². The van der Waals surface area contributed by atoms with Crippen LogP contribution in [0.3, 0.4) is 0 Å². The largest absolute Gasteiger partial charge is 0.489 e. The first-order chi connectivity index (χ1) is 15.5. The van der Waals surface area contributed by atoms with Crippen molar-refractivity contribution in [3.8, 4) is 5.75 Å². The van der Waals surface area contributed by atoms with Gasteiger partial charge < -0.3 is 20.5 Å². The topological polar surface area (TPSA) is 73.6 Å². The summed E-state index contributed by atoms with van der Waals surface area (Å²) in [6.45, 7) is 0.321. The second-order valence-corrected chi connectivity index (χ2v) is 10.0. The van der Waals surface area contributed by atoms with Crippen LogP contribution in [0.4, 0.5) is 4.39 Å². The highest BCUT2D eigenvalue weighted by Crippen LogP contribution is 2.58. The minimum atomic E-state index is -0.192. The Morgan fingerprint density at radius 1 is 1.16 bits per heavy atom. The molecule has 0 aliphatic heterocycles. The van der Waals surface area contributed by atoms with Gasteiger partial charge in [-0.15, -0.1) is 0 Å². The average molecular weight is 445 g/mol. The fourth-order valence-corrected chi connectivity index (χ4v) is 6.00. The van der Waals surface area contributed by atoms with Gasteiger partial charge in [0.25, 0.3) is 0 Å². The SMILES string of the molecule is CO[C@H]1CCC[C@@H](NC(=O)C23CCC(c4ccc(OC/C(=C/F)CN)cc4)(CC2)CC3)C1. The summed E-state index contributed by atoms with van der Waals surface area (Å²) in [6.07, 6.45) is 11.0. The van der Waals surface area contributed by atoms with E-state index < -0.39 is 0 Å². The van der Waals surface area contributed by atoms with E-state index >= 15 is 0 Å². The summed E-state index contributed by atoms with van der Waals surface area (Å²) in [6, 6.07) is 8.47. The van der Waals surface area contributed by atoms with E-state index in [1.807, 2.05) is 12.1 Å². The van der Waals surface area contributed by atoms with E-state index in [1.54, 1.807) is 7.11 Å². The van der Waals surface area contributed by atoms with Crippen molar-refractivity contribution in [3.63, 3.8) is 0 Å². The number of nitrogens with two attached hydrogens (primary N) is 1. The van der Waals surface area contributed by atoms with Crippen LogP contribution in [0.25, 0.3) is 0 Å². The van der Waals surface area contributed by atoms with Crippen molar-refractivity contribution in [1.29, 1.82) is 0 Å². The summed E-state index contributed by atoms with van der Waals surface area (Å²) in [5, 5.41) is 3.39. The molecule has 0 saturated heterocycles. The maximum Gasteiger partial charge on any atom is 0.226 e. The lowest BCUT2D eigenvalue weighted by Gasteiger charge is -2.53. The minimum absolute atomic E-state index is 0.154. The number of ether oxygens (including phenoxy) is 2. The second kappa shape index (κ2) is 9.92. The van der Waals surface area contributed by atoms with Crippen molar-refractivity contribution in [1.82, 2.24) is 5.32 Å². The molecule has 5 nitrogen and oxygen atoms in total. The van der Waals surface area contributed by atoms with Crippen LogP contribution in [0.5, 0.6) is 5.75 Å². The number of nitrogens with one attached hydrogen (secondary N) is 1. The molecule has 6 heteroatoms. The van der Waals surface area contributed by atoms with Crippen LogP contribution in [0.2, 0.25) is 0 Å². The Labute approximate surface area is 190 Å². The maximum absolute atomic E-state index is 13.3. The molecule has 2 atom stereocenters. The summed E-state index contributed by atoms with van der Waals surface area (Å²) < 4.78 is 23.9. The highest BCUT2D eigenvalue weighted by molar-refractivity contribution is 5.83. The van der Waals surface area contributed by atoms with Crippen LogP contribution >= 0.6 is 0 Å². The predicted octanol–water partition coefficient (Wildman–Crippen LogP) is 4.54. The lowest BCUT2D eigenvalue weighted by Crippen LogP contribution is -2.54. The first-order valence-electron chi connectivity index (χ1n) is 12.1. The molecule has 176 valence electrons. The van der Waals surface area contributed by atoms with Crippen LogP contribution in [0, 0.1) is 5.41 Å². The normalized spacial score (nSPS) is 32.5. The second-order valence-electron chi connectivity index (χ2n) is 10.0. The molecule has 0 unspecified atom stereocenters. The third kappa shape index (κ3) is 4.72. The molecule has 4 fully saturated rings. The van der Waals surface area contributed by atoms with Gasteiger partial charge in [-0.25, -0.2) is 4.39 Å². The van der Waals surface area contributed by atoms with Crippen LogP contribution in [-0.4, -0.2) is 38.3 Å². The molecule has 1 amide bonds. The van der Waals surface area contributed by atoms with Crippen LogP contribution in [-0.2, 0) is 14.9 Å². The zero-order chi connectivity index (χ0) is 22.6. The highest BCUT2D eigenvalue weighted by atomic mass is 19.1. The molecule has 0 aromatic heterocycles. The fourth-order valence-electron chi connectivity index (χ4n) is 6.00. The number of hydrogen-bond acceptors (Lipinski definition) is 4. The number of rotatable bonds is 8. The monoisotopic (exact) mass is 444 g/mol. The molecule has 1 aromatic rings.